The summed E-state index contributed by atoms with van der Waals surface area (Å²) >= 11 is 0. The number of phenolic OH excluding ortho intramolecular Hbond substituents is 1. The quantitative estimate of drug-likeness (QED) is 0.217. The first-order valence-electron chi connectivity index (χ1n) is 16.1. The third kappa shape index (κ3) is 6.13. The predicted molar refractivity (Wildman–Crippen MR) is 181 cm³/mol. The zero-order valence-corrected chi connectivity index (χ0v) is 27.3. The van der Waals surface area contributed by atoms with Gasteiger partial charge in [0.15, 0.2) is 15.7 Å². The normalized spacial score (nSPS) is 20.4. The number of benzene rings is 2. The lowest BCUT2D eigenvalue weighted by Crippen LogP contribution is -2.43. The zero-order valence-electron chi connectivity index (χ0n) is 26.5. The Kier molecular flexibility index (Phi) is 8.36. The molecule has 5 heterocycles. The van der Waals surface area contributed by atoms with Crippen molar-refractivity contribution >= 4 is 43.2 Å². The van der Waals surface area contributed by atoms with Crippen molar-refractivity contribution in [1.29, 1.82) is 0 Å². The molecule has 2 aromatic carbocycles. The number of sulfone groups is 1. The van der Waals surface area contributed by atoms with Crippen molar-refractivity contribution in [2.45, 2.75) is 31.2 Å². The summed E-state index contributed by atoms with van der Waals surface area (Å²) in [5.41, 5.74) is 4.69. The summed E-state index contributed by atoms with van der Waals surface area (Å²) in [6.07, 6.45) is 13.6. The number of pyridine rings is 1. The number of amides is 1. The summed E-state index contributed by atoms with van der Waals surface area (Å²) in [5.74, 6) is -1.00. The van der Waals surface area contributed by atoms with Crippen LogP contribution in [-0.4, -0.2) is 89.1 Å². The molecule has 3 aliphatic rings. The van der Waals surface area contributed by atoms with Crippen LogP contribution >= 0.6 is 0 Å². The molecule has 0 spiro atoms. The number of aromatic hydroxyl groups is 1. The molecule has 0 unspecified atom stereocenters. The third-order valence-electron chi connectivity index (χ3n) is 9.80. The number of carbonyl (C=O) groups is 1. The molecular formula is C35H34F2N6O5S. The van der Waals surface area contributed by atoms with Gasteiger partial charge in [0, 0.05) is 36.2 Å². The number of halogens is 2. The van der Waals surface area contributed by atoms with E-state index in [0.717, 1.165) is 44.8 Å². The van der Waals surface area contributed by atoms with Crippen LogP contribution in [0.5, 0.6) is 11.8 Å². The Balaban J connectivity index is 1.39. The Morgan fingerprint density at radius 1 is 1.18 bits per heavy atom. The molecule has 0 aliphatic carbocycles. The number of nitrogens with zero attached hydrogens (tertiary/aromatic N) is 5. The first-order valence-corrected chi connectivity index (χ1v) is 17.9. The number of carbonyl (C=O) groups excluding carboxylic acids is 1. The smallest absolute Gasteiger partial charge is 0.319 e. The number of ether oxygens (including phenoxy) is 1. The van der Waals surface area contributed by atoms with Gasteiger partial charge in [-0.1, -0.05) is 18.1 Å². The lowest BCUT2D eigenvalue weighted by atomic mass is 9.95. The van der Waals surface area contributed by atoms with E-state index in [1.807, 2.05) is 0 Å². The SMILES string of the molecule is C#Cc1c(F)ccc2cc(O)cc(-c3ncc4c(N5CCS(=O)(=O)C[C@H](C=CC(N)=O)C5)nc(OCC56CCCN5CCC6)nc4c3F)c12. The number of phenols is 1. The van der Waals surface area contributed by atoms with E-state index in [0.29, 0.717) is 5.39 Å². The molecule has 0 radical (unpaired) electrons. The maximum Gasteiger partial charge on any atom is 0.319 e. The van der Waals surface area contributed by atoms with Gasteiger partial charge >= 0.3 is 6.01 Å². The second-order valence-corrected chi connectivity index (χ2v) is 15.2. The van der Waals surface area contributed by atoms with Crippen LogP contribution in [-0.2, 0) is 14.6 Å². The summed E-state index contributed by atoms with van der Waals surface area (Å²) in [6.45, 7) is 2.38. The number of primary amides is 1. The second-order valence-electron chi connectivity index (χ2n) is 13.0. The Labute approximate surface area is 281 Å². The molecule has 3 saturated heterocycles. The van der Waals surface area contributed by atoms with Crippen LogP contribution in [0.25, 0.3) is 32.9 Å². The van der Waals surface area contributed by atoms with E-state index in [2.05, 4.69) is 20.8 Å². The lowest BCUT2D eigenvalue weighted by molar-refractivity contribution is -0.113. The van der Waals surface area contributed by atoms with Gasteiger partial charge in [0.2, 0.25) is 5.91 Å². The average molecular weight is 689 g/mol. The molecule has 49 heavy (non-hydrogen) atoms. The highest BCUT2D eigenvalue weighted by atomic mass is 32.2. The summed E-state index contributed by atoms with van der Waals surface area (Å²) in [5, 5.41) is 11.3. The van der Waals surface area contributed by atoms with E-state index in [-0.39, 0.29) is 87.4 Å². The van der Waals surface area contributed by atoms with Crippen molar-refractivity contribution in [2.75, 3.05) is 49.2 Å². The van der Waals surface area contributed by atoms with Crippen molar-refractivity contribution in [1.82, 2.24) is 19.9 Å². The molecule has 4 aromatic rings. The zero-order chi connectivity index (χ0) is 34.5. The molecule has 254 valence electrons. The Bertz CT molecular complexity index is 2180. The minimum atomic E-state index is -3.52. The number of nitrogens with two attached hydrogens (primary N) is 1. The van der Waals surface area contributed by atoms with Gasteiger partial charge in [-0.2, -0.15) is 9.97 Å². The van der Waals surface area contributed by atoms with Crippen LogP contribution in [0.1, 0.15) is 31.2 Å². The van der Waals surface area contributed by atoms with Gasteiger partial charge < -0.3 is 20.5 Å². The minimum Gasteiger partial charge on any atom is -0.508 e. The number of hydrogen-bond donors (Lipinski definition) is 2. The van der Waals surface area contributed by atoms with Gasteiger partial charge in [-0.25, -0.2) is 17.2 Å². The molecule has 14 heteroatoms. The van der Waals surface area contributed by atoms with Gasteiger partial charge in [-0.3, -0.25) is 14.7 Å². The number of fused-ring (bicyclic) bond motifs is 3. The van der Waals surface area contributed by atoms with E-state index in [4.69, 9.17) is 21.9 Å². The number of anilines is 1. The van der Waals surface area contributed by atoms with Gasteiger partial charge in [0.1, 0.15) is 35.2 Å². The van der Waals surface area contributed by atoms with Crippen LogP contribution < -0.4 is 15.4 Å². The van der Waals surface area contributed by atoms with E-state index in [9.17, 15) is 22.7 Å². The van der Waals surface area contributed by atoms with E-state index in [1.165, 1.54) is 36.5 Å². The minimum absolute atomic E-state index is 0.0257. The molecule has 1 atom stereocenters. The van der Waals surface area contributed by atoms with Gasteiger partial charge in [0.25, 0.3) is 0 Å². The molecule has 0 saturated carbocycles. The van der Waals surface area contributed by atoms with E-state index < -0.39 is 33.3 Å². The summed E-state index contributed by atoms with van der Waals surface area (Å²) in [7, 11) is -3.52. The highest BCUT2D eigenvalue weighted by Crippen LogP contribution is 2.41. The lowest BCUT2D eigenvalue weighted by Gasteiger charge is -2.31. The summed E-state index contributed by atoms with van der Waals surface area (Å²) < 4.78 is 63.8. The first kappa shape index (κ1) is 32.7. The highest BCUT2D eigenvalue weighted by Gasteiger charge is 2.45. The van der Waals surface area contributed by atoms with Crippen LogP contribution in [0.4, 0.5) is 14.6 Å². The average Bonchev–Trinajstić information content (AvgIpc) is 3.60. The second kappa shape index (κ2) is 12.5. The standard InChI is InChI=1S/C35H34F2N6O5S/c1-2-24-27(36)7-6-22-15-23(44)16-25(29(22)24)31-30(37)32-26(17-39-31)33(42-13-14-49(46,47)19-21(18-42)5-8-28(38)45)41-34(40-32)48-20-35-9-3-11-43(35)12-4-10-35/h1,5-8,15-17,21,44H,3-4,9-14,18-20H2,(H2,38,45)/t21-/m1/s1. The van der Waals surface area contributed by atoms with Crippen molar-refractivity contribution < 1.29 is 31.8 Å². The predicted octanol–water partition coefficient (Wildman–Crippen LogP) is 3.71. The molecule has 3 N–H and O–H groups in total. The monoisotopic (exact) mass is 688 g/mol. The molecule has 0 bridgehead atoms. The number of aromatic nitrogens is 3. The third-order valence-corrected chi connectivity index (χ3v) is 11.5. The van der Waals surface area contributed by atoms with Crippen molar-refractivity contribution in [3.8, 4) is 35.4 Å². The fraction of sp³-hybridized carbons (Fsp3) is 0.371. The Morgan fingerprint density at radius 3 is 2.69 bits per heavy atom. The van der Waals surface area contributed by atoms with Crippen LogP contribution in [0, 0.1) is 29.9 Å². The van der Waals surface area contributed by atoms with Crippen molar-refractivity contribution in [3.63, 3.8) is 0 Å². The van der Waals surface area contributed by atoms with Crippen molar-refractivity contribution in [2.24, 2.45) is 11.7 Å². The molecule has 3 fully saturated rings. The molecule has 1 amide bonds. The summed E-state index contributed by atoms with van der Waals surface area (Å²) in [6, 6.07) is 5.18. The molecular weight excluding hydrogens is 654 g/mol. The van der Waals surface area contributed by atoms with Crippen LogP contribution in [0.3, 0.4) is 0 Å². The maximum atomic E-state index is 16.9. The topological polar surface area (TPSA) is 152 Å². The molecule has 11 nitrogen and oxygen atoms in total. The molecule has 7 rings (SSSR count). The number of hydrogen-bond acceptors (Lipinski definition) is 10. The molecule has 3 aliphatic heterocycles. The van der Waals surface area contributed by atoms with E-state index in [1.54, 1.807) is 4.90 Å². The van der Waals surface area contributed by atoms with Crippen molar-refractivity contribution in [3.05, 3.63) is 59.8 Å². The van der Waals surface area contributed by atoms with Gasteiger partial charge in [0.05, 0.1) is 28.0 Å². The van der Waals surface area contributed by atoms with Crippen LogP contribution in [0.15, 0.2) is 42.6 Å². The Morgan fingerprint density at radius 2 is 1.96 bits per heavy atom. The van der Waals surface area contributed by atoms with Gasteiger partial charge in [-0.15, -0.1) is 6.42 Å². The fourth-order valence-electron chi connectivity index (χ4n) is 7.55. The molecule has 2 aromatic heterocycles. The maximum absolute atomic E-state index is 16.9. The largest absolute Gasteiger partial charge is 0.508 e. The fourth-order valence-corrected chi connectivity index (χ4v) is 9.09. The van der Waals surface area contributed by atoms with Crippen LogP contribution in [0.2, 0.25) is 0 Å². The Hall–Kier alpha value is -4.87. The highest BCUT2D eigenvalue weighted by molar-refractivity contribution is 7.91. The van der Waals surface area contributed by atoms with E-state index >= 15 is 4.39 Å². The van der Waals surface area contributed by atoms with Gasteiger partial charge in [-0.05, 0) is 68.4 Å². The number of rotatable bonds is 7. The number of terminal acetylenes is 1. The summed E-state index contributed by atoms with van der Waals surface area (Å²) in [4.78, 5) is 29.2. The first-order chi connectivity index (χ1) is 23.5.